The molecule has 30 heavy (non-hydrogen) atoms. The molecule has 0 bridgehead atoms. The van der Waals surface area contributed by atoms with Gasteiger partial charge in [0.05, 0.1) is 10.6 Å². The van der Waals surface area contributed by atoms with Crippen LogP contribution in [0.2, 0.25) is 5.02 Å². The van der Waals surface area contributed by atoms with Gasteiger partial charge in [0.2, 0.25) is 0 Å². The van der Waals surface area contributed by atoms with Crippen molar-refractivity contribution in [1.82, 2.24) is 0 Å². The van der Waals surface area contributed by atoms with Gasteiger partial charge in [0.25, 0.3) is 11.1 Å². The minimum absolute atomic E-state index is 0.289. The van der Waals surface area contributed by atoms with E-state index in [1.54, 1.807) is 66.7 Å². The van der Waals surface area contributed by atoms with Gasteiger partial charge in [-0.15, -0.1) is 0 Å². The van der Waals surface area contributed by atoms with Crippen molar-refractivity contribution < 1.29 is 18.7 Å². The maximum Gasteiger partial charge on any atom is 0.298 e. The summed E-state index contributed by atoms with van der Waals surface area (Å²) >= 11 is 6.86. The molecule has 4 nitrogen and oxygen atoms in total. The number of thioether (sulfide) groups is 1. The van der Waals surface area contributed by atoms with Crippen molar-refractivity contribution in [1.29, 1.82) is 0 Å². The first-order chi connectivity index (χ1) is 14.5. The normalized spacial score (nSPS) is 15.1. The monoisotopic (exact) mass is 439 g/mol. The predicted molar refractivity (Wildman–Crippen MR) is 117 cm³/mol. The third-order valence-electron chi connectivity index (χ3n) is 4.36. The summed E-state index contributed by atoms with van der Waals surface area (Å²) in [4.78, 5) is 26.5. The largest absolute Gasteiger partial charge is 0.489 e. The molecule has 0 unspecified atom stereocenters. The Morgan fingerprint density at radius 2 is 1.73 bits per heavy atom. The third kappa shape index (κ3) is 4.56. The maximum atomic E-state index is 12.9. The van der Waals surface area contributed by atoms with Crippen LogP contribution in [0, 0.1) is 5.82 Å². The van der Waals surface area contributed by atoms with E-state index in [1.807, 2.05) is 0 Å². The van der Waals surface area contributed by atoms with Crippen LogP contribution in [0.15, 0.2) is 77.7 Å². The summed E-state index contributed by atoms with van der Waals surface area (Å²) < 4.78 is 18.6. The molecule has 2 amide bonds. The van der Waals surface area contributed by atoms with Gasteiger partial charge in [-0.3, -0.25) is 9.59 Å². The number of ether oxygens (including phenoxy) is 1. The second-order valence-electron chi connectivity index (χ2n) is 6.48. The van der Waals surface area contributed by atoms with E-state index >= 15 is 0 Å². The van der Waals surface area contributed by atoms with Gasteiger partial charge < -0.3 is 4.74 Å². The van der Waals surface area contributed by atoms with Crippen LogP contribution in [0.5, 0.6) is 5.75 Å². The average Bonchev–Trinajstić information content (AvgIpc) is 3.01. The van der Waals surface area contributed by atoms with Crippen molar-refractivity contribution in [2.45, 2.75) is 6.61 Å². The van der Waals surface area contributed by atoms with Crippen LogP contribution in [-0.4, -0.2) is 11.1 Å². The van der Waals surface area contributed by atoms with Gasteiger partial charge in [0.1, 0.15) is 18.2 Å². The Labute approximate surface area is 181 Å². The standard InChI is InChI=1S/C23H15ClFNO3S/c24-17-2-1-3-19(13-17)26-22(27)21(30-23(26)28)12-15-6-10-20(11-7-15)29-14-16-4-8-18(25)9-5-16/h1-13H,14H2/b21-12+. The van der Waals surface area contributed by atoms with E-state index in [-0.39, 0.29) is 17.0 Å². The molecule has 0 aromatic heterocycles. The van der Waals surface area contributed by atoms with Crippen molar-refractivity contribution in [2.75, 3.05) is 4.90 Å². The molecular weight excluding hydrogens is 425 g/mol. The molecule has 7 heteroatoms. The molecular formula is C23H15ClFNO3S. The van der Waals surface area contributed by atoms with Crippen molar-refractivity contribution in [3.05, 3.63) is 99.7 Å². The zero-order valence-corrected chi connectivity index (χ0v) is 17.1. The maximum absolute atomic E-state index is 12.9. The molecule has 0 saturated carbocycles. The molecule has 0 atom stereocenters. The number of carbonyl (C=O) groups is 2. The number of amides is 2. The van der Waals surface area contributed by atoms with Crippen molar-refractivity contribution in [3.8, 4) is 5.75 Å². The van der Waals surface area contributed by atoms with Gasteiger partial charge in [-0.25, -0.2) is 9.29 Å². The Morgan fingerprint density at radius 3 is 2.43 bits per heavy atom. The fourth-order valence-corrected chi connectivity index (χ4v) is 3.89. The Morgan fingerprint density at radius 1 is 1.00 bits per heavy atom. The molecule has 0 radical (unpaired) electrons. The van der Waals surface area contributed by atoms with E-state index < -0.39 is 0 Å². The Bertz CT molecular complexity index is 1130. The highest BCUT2D eigenvalue weighted by Crippen LogP contribution is 2.36. The van der Waals surface area contributed by atoms with Crippen LogP contribution in [0.1, 0.15) is 11.1 Å². The Balaban J connectivity index is 1.45. The first-order valence-corrected chi connectivity index (χ1v) is 10.2. The zero-order valence-electron chi connectivity index (χ0n) is 15.5. The highest BCUT2D eigenvalue weighted by atomic mass is 35.5. The van der Waals surface area contributed by atoms with Crippen molar-refractivity contribution in [3.63, 3.8) is 0 Å². The molecule has 3 aromatic rings. The average molecular weight is 440 g/mol. The molecule has 1 fully saturated rings. The summed E-state index contributed by atoms with van der Waals surface area (Å²) in [5, 5.41) is 0.0829. The number of hydrogen-bond acceptors (Lipinski definition) is 4. The molecule has 1 heterocycles. The van der Waals surface area contributed by atoms with Crippen LogP contribution in [-0.2, 0) is 11.4 Å². The molecule has 0 spiro atoms. The number of benzene rings is 3. The van der Waals surface area contributed by atoms with Gasteiger partial charge in [-0.05, 0) is 71.4 Å². The highest BCUT2D eigenvalue weighted by molar-refractivity contribution is 8.19. The van der Waals surface area contributed by atoms with Crippen LogP contribution in [0.4, 0.5) is 14.9 Å². The molecule has 0 N–H and O–H groups in total. The highest BCUT2D eigenvalue weighted by Gasteiger charge is 2.36. The molecule has 4 rings (SSSR count). The van der Waals surface area contributed by atoms with E-state index in [1.165, 1.54) is 12.1 Å². The van der Waals surface area contributed by atoms with Gasteiger partial charge in [0, 0.05) is 5.02 Å². The number of halogens is 2. The predicted octanol–water partition coefficient (Wildman–Crippen LogP) is 6.30. The summed E-state index contributed by atoms with van der Waals surface area (Å²) in [7, 11) is 0. The van der Waals surface area contributed by atoms with Crippen LogP contribution in [0.3, 0.4) is 0 Å². The smallest absolute Gasteiger partial charge is 0.298 e. The fraction of sp³-hybridized carbons (Fsp3) is 0.0435. The van der Waals surface area contributed by atoms with Gasteiger partial charge in [-0.2, -0.15) is 0 Å². The summed E-state index contributed by atoms with van der Waals surface area (Å²) in [5.74, 6) is -0.0321. The summed E-state index contributed by atoms with van der Waals surface area (Å²) in [6, 6.07) is 19.9. The first kappa shape index (κ1) is 20.2. The van der Waals surface area contributed by atoms with Crippen LogP contribution in [0.25, 0.3) is 6.08 Å². The SMILES string of the molecule is O=C1S/C(=C/c2ccc(OCc3ccc(F)cc3)cc2)C(=O)N1c1cccc(Cl)c1. The molecule has 1 aliphatic heterocycles. The molecule has 1 saturated heterocycles. The third-order valence-corrected chi connectivity index (χ3v) is 5.46. The van der Waals surface area contributed by atoms with Gasteiger partial charge in [0.15, 0.2) is 0 Å². The minimum atomic E-state index is -0.385. The number of imide groups is 1. The molecule has 3 aromatic carbocycles. The Hall–Kier alpha value is -3.09. The minimum Gasteiger partial charge on any atom is -0.489 e. The topological polar surface area (TPSA) is 46.6 Å². The number of nitrogens with zero attached hydrogens (tertiary/aromatic N) is 1. The summed E-state index contributed by atoms with van der Waals surface area (Å²) in [6.45, 7) is 0.318. The first-order valence-electron chi connectivity index (χ1n) is 9.00. The van der Waals surface area contributed by atoms with E-state index in [4.69, 9.17) is 16.3 Å². The lowest BCUT2D eigenvalue weighted by atomic mass is 10.2. The quantitative estimate of drug-likeness (QED) is 0.438. The van der Waals surface area contributed by atoms with Crippen LogP contribution >= 0.6 is 23.4 Å². The van der Waals surface area contributed by atoms with E-state index in [0.29, 0.717) is 28.0 Å². The van der Waals surface area contributed by atoms with Crippen molar-refractivity contribution >= 4 is 46.3 Å². The van der Waals surface area contributed by atoms with Gasteiger partial charge >= 0.3 is 0 Å². The second kappa shape index (κ2) is 8.73. The number of rotatable bonds is 5. The number of hydrogen-bond donors (Lipinski definition) is 0. The molecule has 0 aliphatic carbocycles. The van der Waals surface area contributed by atoms with Gasteiger partial charge in [-0.1, -0.05) is 41.9 Å². The van der Waals surface area contributed by atoms with E-state index in [2.05, 4.69) is 0 Å². The van der Waals surface area contributed by atoms with E-state index in [0.717, 1.165) is 27.8 Å². The fourth-order valence-electron chi connectivity index (χ4n) is 2.86. The molecule has 1 aliphatic rings. The van der Waals surface area contributed by atoms with Crippen molar-refractivity contribution in [2.24, 2.45) is 0 Å². The molecule has 150 valence electrons. The zero-order chi connectivity index (χ0) is 21.1. The lowest BCUT2D eigenvalue weighted by molar-refractivity contribution is -0.113. The summed E-state index contributed by atoms with van der Waals surface area (Å²) in [6.07, 6.45) is 1.67. The lowest BCUT2D eigenvalue weighted by Gasteiger charge is -2.12. The summed E-state index contributed by atoms with van der Waals surface area (Å²) in [5.41, 5.74) is 2.06. The number of carbonyl (C=O) groups excluding carboxylic acids is 2. The second-order valence-corrected chi connectivity index (χ2v) is 7.91. The van der Waals surface area contributed by atoms with Crippen LogP contribution < -0.4 is 9.64 Å². The lowest BCUT2D eigenvalue weighted by Crippen LogP contribution is -2.27. The number of anilines is 1. The van der Waals surface area contributed by atoms with E-state index in [9.17, 15) is 14.0 Å². The Kier molecular flexibility index (Phi) is 5.88.